The van der Waals surface area contributed by atoms with E-state index in [1.165, 1.54) is 0 Å². The van der Waals surface area contributed by atoms with Crippen LogP contribution in [0.4, 0.5) is 0 Å². The summed E-state index contributed by atoms with van der Waals surface area (Å²) in [4.78, 5) is 24.7. The molecule has 1 heterocycles. The van der Waals surface area contributed by atoms with Gasteiger partial charge in [0.2, 0.25) is 10.0 Å². The van der Waals surface area contributed by atoms with Crippen molar-refractivity contribution in [3.05, 3.63) is 35.4 Å². The molecule has 9 heteroatoms. The Morgan fingerprint density at radius 1 is 1.29 bits per heavy atom. The number of ether oxygens (including phenoxy) is 1. The molecule has 3 rings (SSSR count). The van der Waals surface area contributed by atoms with Gasteiger partial charge in [0.1, 0.15) is 11.6 Å². The van der Waals surface area contributed by atoms with Crippen LogP contribution >= 0.6 is 0 Å². The van der Waals surface area contributed by atoms with Gasteiger partial charge >= 0.3 is 5.97 Å². The van der Waals surface area contributed by atoms with E-state index in [1.807, 2.05) is 24.3 Å². The Morgan fingerprint density at radius 2 is 1.93 bits per heavy atom. The highest BCUT2D eigenvalue weighted by molar-refractivity contribution is 7.88. The van der Waals surface area contributed by atoms with Crippen molar-refractivity contribution in [2.45, 2.75) is 50.2 Å². The third kappa shape index (κ3) is 4.34. The molecule has 1 aromatic carbocycles. The van der Waals surface area contributed by atoms with Gasteiger partial charge in [-0.2, -0.15) is 9.57 Å². The SMILES string of the molecule is CS(=O)(=O)N1Cc2ccccc2C[C@H]1C(=O)OCC(=O)NC1(C#N)CCCC1. The van der Waals surface area contributed by atoms with Crippen molar-refractivity contribution in [2.75, 3.05) is 12.9 Å². The molecule has 1 amide bonds. The summed E-state index contributed by atoms with van der Waals surface area (Å²) < 4.78 is 30.5. The third-order valence-corrected chi connectivity index (χ3v) is 6.53. The summed E-state index contributed by atoms with van der Waals surface area (Å²) in [6.07, 6.45) is 4.10. The molecule has 150 valence electrons. The molecule has 0 unspecified atom stereocenters. The van der Waals surface area contributed by atoms with E-state index < -0.39 is 40.1 Å². The van der Waals surface area contributed by atoms with Gasteiger partial charge in [0.15, 0.2) is 6.61 Å². The van der Waals surface area contributed by atoms with Crippen LogP contribution in [0.5, 0.6) is 0 Å². The van der Waals surface area contributed by atoms with Gasteiger partial charge in [0.25, 0.3) is 5.91 Å². The molecule has 1 fully saturated rings. The average Bonchev–Trinajstić information content (AvgIpc) is 3.13. The Morgan fingerprint density at radius 3 is 2.54 bits per heavy atom. The summed E-state index contributed by atoms with van der Waals surface area (Å²) in [7, 11) is -3.64. The molecule has 1 aliphatic heterocycles. The van der Waals surface area contributed by atoms with Crippen LogP contribution in [0.3, 0.4) is 0 Å². The van der Waals surface area contributed by atoms with Gasteiger partial charge in [-0.15, -0.1) is 0 Å². The van der Waals surface area contributed by atoms with Gasteiger partial charge in [0.05, 0.1) is 12.3 Å². The molecule has 0 spiro atoms. The van der Waals surface area contributed by atoms with Crippen LogP contribution in [0.25, 0.3) is 0 Å². The quantitative estimate of drug-likeness (QED) is 0.727. The molecule has 0 bridgehead atoms. The van der Waals surface area contributed by atoms with Crippen LogP contribution in [0.2, 0.25) is 0 Å². The molecule has 28 heavy (non-hydrogen) atoms. The van der Waals surface area contributed by atoms with Crippen molar-refractivity contribution >= 4 is 21.9 Å². The summed E-state index contributed by atoms with van der Waals surface area (Å²) in [5.74, 6) is -1.33. The molecule has 1 saturated carbocycles. The number of fused-ring (bicyclic) bond motifs is 1. The van der Waals surface area contributed by atoms with Crippen molar-refractivity contribution in [1.29, 1.82) is 5.26 Å². The van der Waals surface area contributed by atoms with Crippen LogP contribution in [0.1, 0.15) is 36.8 Å². The molecule has 1 atom stereocenters. The fourth-order valence-corrected chi connectivity index (χ4v) is 4.82. The summed E-state index contributed by atoms with van der Waals surface area (Å²) >= 11 is 0. The normalized spacial score (nSPS) is 21.4. The molecule has 0 radical (unpaired) electrons. The topological polar surface area (TPSA) is 117 Å². The Balaban J connectivity index is 1.67. The van der Waals surface area contributed by atoms with Crippen molar-refractivity contribution in [1.82, 2.24) is 9.62 Å². The number of esters is 1. The maximum absolute atomic E-state index is 12.6. The second-order valence-corrected chi connectivity index (χ2v) is 9.29. The fraction of sp³-hybridized carbons (Fsp3) is 0.526. The second kappa shape index (κ2) is 7.89. The van der Waals surface area contributed by atoms with Gasteiger partial charge in [-0.3, -0.25) is 9.59 Å². The highest BCUT2D eigenvalue weighted by Crippen LogP contribution is 2.29. The lowest BCUT2D eigenvalue weighted by molar-refractivity contribution is -0.153. The van der Waals surface area contributed by atoms with Crippen molar-refractivity contribution in [3.63, 3.8) is 0 Å². The number of hydrogen-bond donors (Lipinski definition) is 1. The number of nitrogens with zero attached hydrogens (tertiary/aromatic N) is 2. The first-order valence-corrected chi connectivity index (χ1v) is 11.0. The number of amides is 1. The maximum Gasteiger partial charge on any atom is 0.325 e. The standard InChI is InChI=1S/C19H23N3O5S/c1-28(25,26)22-11-15-7-3-2-6-14(15)10-16(22)18(24)27-12-17(23)21-19(13-20)8-4-5-9-19/h2-3,6-7,16H,4-5,8-12H2,1H3,(H,21,23)/t16-/m0/s1. The first-order valence-electron chi connectivity index (χ1n) is 9.17. The lowest BCUT2D eigenvalue weighted by Crippen LogP contribution is -2.50. The lowest BCUT2D eigenvalue weighted by Gasteiger charge is -2.33. The van der Waals surface area contributed by atoms with E-state index in [0.29, 0.717) is 12.8 Å². The molecule has 2 aliphatic rings. The number of benzene rings is 1. The minimum atomic E-state index is -3.64. The Kier molecular flexibility index (Phi) is 5.72. The van der Waals surface area contributed by atoms with E-state index in [-0.39, 0.29) is 13.0 Å². The van der Waals surface area contributed by atoms with Crippen LogP contribution < -0.4 is 5.32 Å². The van der Waals surface area contributed by atoms with Gasteiger partial charge in [-0.05, 0) is 36.8 Å². The largest absolute Gasteiger partial charge is 0.454 e. The Bertz CT molecular complexity index is 916. The van der Waals surface area contributed by atoms with E-state index in [9.17, 15) is 23.3 Å². The van der Waals surface area contributed by atoms with Crippen molar-refractivity contribution < 1.29 is 22.7 Å². The summed E-state index contributed by atoms with van der Waals surface area (Å²) in [6, 6.07) is 8.43. The maximum atomic E-state index is 12.6. The first kappa shape index (κ1) is 20.3. The van der Waals surface area contributed by atoms with Crippen LogP contribution in [0, 0.1) is 11.3 Å². The van der Waals surface area contributed by atoms with Gasteiger partial charge in [0, 0.05) is 13.0 Å². The summed E-state index contributed by atoms with van der Waals surface area (Å²) in [5.41, 5.74) is 0.821. The zero-order valence-corrected chi connectivity index (χ0v) is 16.5. The van der Waals surface area contributed by atoms with Crippen molar-refractivity contribution in [3.8, 4) is 6.07 Å². The van der Waals surface area contributed by atoms with Crippen LogP contribution in [-0.2, 0) is 37.3 Å². The second-order valence-electron chi connectivity index (χ2n) is 7.35. The predicted molar refractivity (Wildman–Crippen MR) is 100 cm³/mol. The summed E-state index contributed by atoms with van der Waals surface area (Å²) in [5, 5.41) is 12.0. The zero-order chi connectivity index (χ0) is 20.4. The van der Waals surface area contributed by atoms with Gasteiger partial charge in [-0.1, -0.05) is 24.3 Å². The third-order valence-electron chi connectivity index (χ3n) is 5.30. The van der Waals surface area contributed by atoms with E-state index in [1.54, 1.807) is 0 Å². The zero-order valence-electron chi connectivity index (χ0n) is 15.7. The number of rotatable bonds is 5. The van der Waals surface area contributed by atoms with E-state index >= 15 is 0 Å². The van der Waals surface area contributed by atoms with E-state index in [0.717, 1.165) is 34.5 Å². The molecule has 1 aromatic rings. The summed E-state index contributed by atoms with van der Waals surface area (Å²) in [6.45, 7) is -0.462. The lowest BCUT2D eigenvalue weighted by atomic mass is 9.96. The predicted octanol–water partition coefficient (Wildman–Crippen LogP) is 0.869. The molecule has 0 saturated heterocycles. The molecule has 1 N–H and O–H groups in total. The smallest absolute Gasteiger partial charge is 0.325 e. The molecule has 0 aromatic heterocycles. The number of nitriles is 1. The fourth-order valence-electron chi connectivity index (χ4n) is 3.83. The highest BCUT2D eigenvalue weighted by atomic mass is 32.2. The number of sulfonamides is 1. The van der Waals surface area contributed by atoms with Gasteiger partial charge < -0.3 is 10.1 Å². The molecular weight excluding hydrogens is 382 g/mol. The highest BCUT2D eigenvalue weighted by Gasteiger charge is 2.39. The number of carbonyl (C=O) groups excluding carboxylic acids is 2. The van der Waals surface area contributed by atoms with E-state index in [4.69, 9.17) is 4.74 Å². The average molecular weight is 405 g/mol. The monoisotopic (exact) mass is 405 g/mol. The first-order chi connectivity index (χ1) is 13.2. The minimum absolute atomic E-state index is 0.0819. The molecule has 1 aliphatic carbocycles. The Labute approximate surface area is 164 Å². The number of hydrogen-bond acceptors (Lipinski definition) is 6. The minimum Gasteiger partial charge on any atom is -0.454 e. The Hall–Kier alpha value is -2.44. The van der Waals surface area contributed by atoms with Crippen LogP contribution in [0.15, 0.2) is 24.3 Å². The van der Waals surface area contributed by atoms with Crippen LogP contribution in [-0.4, -0.2) is 49.0 Å². The van der Waals surface area contributed by atoms with Gasteiger partial charge in [-0.25, -0.2) is 8.42 Å². The number of carbonyl (C=O) groups is 2. The molecule has 8 nitrogen and oxygen atoms in total. The van der Waals surface area contributed by atoms with Crippen molar-refractivity contribution in [2.24, 2.45) is 0 Å². The van der Waals surface area contributed by atoms with E-state index in [2.05, 4.69) is 11.4 Å². The molecular formula is C19H23N3O5S. The number of nitrogens with one attached hydrogen (secondary N) is 1.